The van der Waals surface area contributed by atoms with E-state index >= 15 is 0 Å². The van der Waals surface area contributed by atoms with Crippen LogP contribution < -0.4 is 0 Å². The number of carbonyl (C=O) groups excluding carboxylic acids is 1. The van der Waals surface area contributed by atoms with E-state index in [9.17, 15) is 4.79 Å². The molecular weight excluding hydrogens is 268 g/mol. The van der Waals surface area contributed by atoms with Gasteiger partial charge in [0.15, 0.2) is 10.1 Å². The van der Waals surface area contributed by atoms with Crippen molar-refractivity contribution in [1.29, 1.82) is 0 Å². The van der Waals surface area contributed by atoms with Crippen LogP contribution >= 0.6 is 23.3 Å². The molecule has 0 aliphatic rings. The molecule has 94 valence electrons. The summed E-state index contributed by atoms with van der Waals surface area (Å²) in [5.74, 6) is 1.34. The van der Waals surface area contributed by atoms with Gasteiger partial charge in [0.1, 0.15) is 11.6 Å². The Balaban J connectivity index is 1.93. The molecule has 0 aliphatic carbocycles. The van der Waals surface area contributed by atoms with E-state index < -0.39 is 0 Å². The van der Waals surface area contributed by atoms with Crippen molar-refractivity contribution < 1.29 is 9.90 Å². The van der Waals surface area contributed by atoms with Crippen molar-refractivity contribution in [1.82, 2.24) is 9.36 Å². The maximum Gasteiger partial charge on any atom is 0.173 e. The predicted molar refractivity (Wildman–Crippen MR) is 72.4 cm³/mol. The fraction of sp³-hybridized carbons (Fsp3) is 0.250. The van der Waals surface area contributed by atoms with Gasteiger partial charge in [0, 0.05) is 12.0 Å². The van der Waals surface area contributed by atoms with E-state index in [1.807, 2.05) is 6.92 Å². The molecule has 6 heteroatoms. The molecule has 1 heterocycles. The average Bonchev–Trinajstić information content (AvgIpc) is 2.85. The molecule has 0 radical (unpaired) electrons. The van der Waals surface area contributed by atoms with Gasteiger partial charge in [-0.25, -0.2) is 4.98 Å². The largest absolute Gasteiger partial charge is 0.508 e. The molecule has 0 fully saturated rings. The van der Waals surface area contributed by atoms with Gasteiger partial charge >= 0.3 is 0 Å². The zero-order chi connectivity index (χ0) is 13.0. The van der Waals surface area contributed by atoms with Crippen LogP contribution in [0.15, 0.2) is 28.6 Å². The zero-order valence-corrected chi connectivity index (χ0v) is 11.4. The van der Waals surface area contributed by atoms with Crippen LogP contribution in [0.25, 0.3) is 0 Å². The first-order chi connectivity index (χ1) is 8.69. The average molecular weight is 280 g/mol. The number of aryl methyl sites for hydroxylation is 1. The number of benzene rings is 1. The molecule has 2 rings (SSSR count). The van der Waals surface area contributed by atoms with Crippen molar-refractivity contribution in [3.63, 3.8) is 0 Å². The number of phenols is 1. The Bertz CT molecular complexity index is 537. The van der Waals surface area contributed by atoms with E-state index in [1.165, 1.54) is 35.4 Å². The van der Waals surface area contributed by atoms with E-state index in [1.54, 1.807) is 12.1 Å². The fourth-order valence-corrected chi connectivity index (χ4v) is 2.89. The Kier molecular flexibility index (Phi) is 4.33. The minimum absolute atomic E-state index is 0.0215. The van der Waals surface area contributed by atoms with E-state index in [2.05, 4.69) is 9.36 Å². The molecule has 0 aliphatic heterocycles. The second-order valence-electron chi connectivity index (χ2n) is 3.59. The lowest BCUT2D eigenvalue weighted by Gasteiger charge is -1.99. The summed E-state index contributed by atoms with van der Waals surface area (Å²) >= 11 is 2.72. The zero-order valence-electron chi connectivity index (χ0n) is 9.79. The Labute approximate surface area is 113 Å². The number of thioether (sulfide) groups is 1. The summed E-state index contributed by atoms with van der Waals surface area (Å²) in [6.07, 6.45) is 0.809. The van der Waals surface area contributed by atoms with Gasteiger partial charge in [-0.15, -0.1) is 0 Å². The van der Waals surface area contributed by atoms with Crippen LogP contribution in [0, 0.1) is 0 Å². The molecule has 1 N–H and O–H groups in total. The molecule has 0 bridgehead atoms. The van der Waals surface area contributed by atoms with Crippen molar-refractivity contribution in [2.75, 3.05) is 5.75 Å². The van der Waals surface area contributed by atoms with Crippen LogP contribution in [0.4, 0.5) is 0 Å². The molecule has 0 atom stereocenters. The van der Waals surface area contributed by atoms with Crippen LogP contribution in [-0.2, 0) is 6.42 Å². The smallest absolute Gasteiger partial charge is 0.173 e. The molecule has 0 spiro atoms. The first-order valence-electron chi connectivity index (χ1n) is 5.46. The number of hydrogen-bond donors (Lipinski definition) is 1. The number of Topliss-reactive ketones (excluding diaryl/α,β-unsaturated/α-hetero) is 1. The Morgan fingerprint density at radius 2 is 2.11 bits per heavy atom. The first kappa shape index (κ1) is 13.0. The third-order valence-electron chi connectivity index (χ3n) is 2.28. The molecule has 4 nitrogen and oxygen atoms in total. The van der Waals surface area contributed by atoms with E-state index in [0.717, 1.165) is 16.6 Å². The maximum atomic E-state index is 11.9. The number of nitrogens with zero attached hydrogens (tertiary/aromatic N) is 2. The topological polar surface area (TPSA) is 63.1 Å². The number of hydrogen-bond acceptors (Lipinski definition) is 6. The SMILES string of the molecule is CCc1nsc(SCC(=O)c2ccc(O)cc2)n1. The predicted octanol–water partition coefficient (Wildman–Crippen LogP) is 2.78. The van der Waals surface area contributed by atoms with Crippen LogP contribution in [0.2, 0.25) is 0 Å². The summed E-state index contributed by atoms with van der Waals surface area (Å²) in [5, 5.41) is 9.14. The van der Waals surface area contributed by atoms with Gasteiger partial charge < -0.3 is 5.11 Å². The van der Waals surface area contributed by atoms with E-state index in [4.69, 9.17) is 5.11 Å². The first-order valence-corrected chi connectivity index (χ1v) is 7.22. The monoisotopic (exact) mass is 280 g/mol. The second-order valence-corrected chi connectivity index (χ2v) is 5.56. The molecule has 0 amide bonds. The van der Waals surface area contributed by atoms with Crippen molar-refractivity contribution in [3.8, 4) is 5.75 Å². The minimum Gasteiger partial charge on any atom is -0.508 e. The summed E-state index contributed by atoms with van der Waals surface area (Å²) in [5.41, 5.74) is 0.598. The maximum absolute atomic E-state index is 11.9. The molecule has 2 aromatic rings. The summed E-state index contributed by atoms with van der Waals surface area (Å²) in [4.78, 5) is 16.1. The van der Waals surface area contributed by atoms with Crippen molar-refractivity contribution in [2.45, 2.75) is 17.7 Å². The summed E-state index contributed by atoms with van der Waals surface area (Å²) < 4.78 is 4.98. The Morgan fingerprint density at radius 1 is 1.39 bits per heavy atom. The van der Waals surface area contributed by atoms with Crippen LogP contribution in [-0.4, -0.2) is 26.0 Å². The van der Waals surface area contributed by atoms with Crippen LogP contribution in [0.5, 0.6) is 5.75 Å². The van der Waals surface area contributed by atoms with E-state index in [0.29, 0.717) is 11.3 Å². The fourth-order valence-electron chi connectivity index (χ4n) is 1.30. The standard InChI is InChI=1S/C12H12N2O2S2/c1-2-11-13-12(18-14-11)17-7-10(16)8-3-5-9(15)6-4-8/h3-6,15H,2,7H2,1H3. The van der Waals surface area contributed by atoms with Crippen LogP contribution in [0.1, 0.15) is 23.1 Å². The Hall–Kier alpha value is -1.40. The number of ketones is 1. The lowest BCUT2D eigenvalue weighted by molar-refractivity contribution is 0.102. The molecule has 0 saturated heterocycles. The molecule has 1 aromatic carbocycles. The highest BCUT2D eigenvalue weighted by Gasteiger charge is 2.09. The normalized spacial score (nSPS) is 10.5. The van der Waals surface area contributed by atoms with Gasteiger partial charge in [0.25, 0.3) is 0 Å². The molecule has 0 saturated carbocycles. The van der Waals surface area contributed by atoms with Gasteiger partial charge in [0.05, 0.1) is 5.75 Å². The molecule has 0 unspecified atom stereocenters. The van der Waals surface area contributed by atoms with Gasteiger partial charge in [-0.05, 0) is 35.8 Å². The lowest BCUT2D eigenvalue weighted by atomic mass is 10.1. The third-order valence-corrected chi connectivity index (χ3v) is 4.15. The van der Waals surface area contributed by atoms with E-state index in [-0.39, 0.29) is 11.5 Å². The number of rotatable bonds is 5. The minimum atomic E-state index is 0.0215. The number of phenolic OH excluding ortho intramolecular Hbond substituents is 1. The number of carbonyl (C=O) groups is 1. The van der Waals surface area contributed by atoms with Crippen molar-refractivity contribution >= 4 is 29.1 Å². The highest BCUT2D eigenvalue weighted by molar-refractivity contribution is 8.01. The van der Waals surface area contributed by atoms with Gasteiger partial charge in [-0.3, -0.25) is 4.79 Å². The summed E-state index contributed by atoms with van der Waals surface area (Å²) in [6, 6.07) is 6.27. The number of aromatic nitrogens is 2. The van der Waals surface area contributed by atoms with Gasteiger partial charge in [-0.1, -0.05) is 18.7 Å². The number of aromatic hydroxyl groups is 1. The molecule has 18 heavy (non-hydrogen) atoms. The highest BCUT2D eigenvalue weighted by atomic mass is 32.2. The second kappa shape index (κ2) is 5.97. The highest BCUT2D eigenvalue weighted by Crippen LogP contribution is 2.21. The van der Waals surface area contributed by atoms with Gasteiger partial charge in [-0.2, -0.15) is 4.37 Å². The summed E-state index contributed by atoms with van der Waals surface area (Å²) in [6.45, 7) is 2.00. The third kappa shape index (κ3) is 3.30. The van der Waals surface area contributed by atoms with Gasteiger partial charge in [0.2, 0.25) is 0 Å². The molecular formula is C12H12N2O2S2. The Morgan fingerprint density at radius 3 is 2.72 bits per heavy atom. The summed E-state index contributed by atoms with van der Waals surface area (Å²) in [7, 11) is 0. The van der Waals surface area contributed by atoms with Crippen molar-refractivity contribution in [3.05, 3.63) is 35.7 Å². The molecule has 1 aromatic heterocycles. The quantitative estimate of drug-likeness (QED) is 0.674. The van der Waals surface area contributed by atoms with Crippen LogP contribution in [0.3, 0.4) is 0 Å². The lowest BCUT2D eigenvalue weighted by Crippen LogP contribution is -2.01. The van der Waals surface area contributed by atoms with Crippen molar-refractivity contribution in [2.24, 2.45) is 0 Å².